The van der Waals surface area contributed by atoms with Crippen LogP contribution in [0, 0.1) is 0 Å². The molecule has 12 nitrogen and oxygen atoms in total. The van der Waals surface area contributed by atoms with Crippen molar-refractivity contribution in [3.63, 3.8) is 0 Å². The van der Waals surface area contributed by atoms with Crippen LogP contribution in [0.25, 0.3) is 0 Å². The predicted octanol–water partition coefficient (Wildman–Crippen LogP) is 2.21. The summed E-state index contributed by atoms with van der Waals surface area (Å²) in [5, 5.41) is 9.37. The molecule has 3 fully saturated rings. The molecular formula is C28H34N4O8S. The first kappa shape index (κ1) is 28.8. The Hall–Kier alpha value is -3.68. The van der Waals surface area contributed by atoms with Crippen LogP contribution >= 0.6 is 0 Å². The lowest BCUT2D eigenvalue weighted by Gasteiger charge is -2.39. The lowest BCUT2D eigenvalue weighted by atomic mass is 9.94. The third-order valence-electron chi connectivity index (χ3n) is 8.07. The Morgan fingerprint density at radius 3 is 2.24 bits per heavy atom. The molecule has 13 heteroatoms. The summed E-state index contributed by atoms with van der Waals surface area (Å²) in [6.07, 6.45) is 2.74. The highest BCUT2D eigenvalue weighted by Gasteiger charge is 2.54. The molecule has 2 N–H and O–H groups in total. The van der Waals surface area contributed by atoms with E-state index in [1.54, 1.807) is 36.9 Å². The van der Waals surface area contributed by atoms with E-state index in [0.29, 0.717) is 42.7 Å². The number of imide groups is 1. The largest absolute Gasteiger partial charge is 0.497 e. The molecule has 0 aromatic heterocycles. The molecule has 1 saturated carbocycles. The minimum absolute atomic E-state index is 0.0276. The number of piperidine rings is 1. The molecule has 0 radical (unpaired) electrons. The number of anilines is 1. The van der Waals surface area contributed by atoms with Crippen molar-refractivity contribution in [2.75, 3.05) is 44.8 Å². The van der Waals surface area contributed by atoms with Gasteiger partial charge < -0.3 is 14.4 Å². The Balaban J connectivity index is 1.16. The predicted molar refractivity (Wildman–Crippen MR) is 148 cm³/mol. The van der Waals surface area contributed by atoms with Gasteiger partial charge in [0.25, 0.3) is 11.8 Å². The highest BCUT2D eigenvalue weighted by molar-refractivity contribution is 7.93. The second kappa shape index (κ2) is 11.7. The van der Waals surface area contributed by atoms with Crippen molar-refractivity contribution in [3.05, 3.63) is 48.5 Å². The van der Waals surface area contributed by atoms with E-state index < -0.39 is 26.5 Å². The van der Waals surface area contributed by atoms with Gasteiger partial charge in [0.2, 0.25) is 0 Å². The molecule has 1 aliphatic carbocycles. The summed E-state index contributed by atoms with van der Waals surface area (Å²) in [7, 11) is -2.56. The number of likely N-dealkylation sites (tertiary alicyclic amines) is 1. The molecule has 41 heavy (non-hydrogen) atoms. The Kier molecular flexibility index (Phi) is 8.20. The van der Waals surface area contributed by atoms with Gasteiger partial charge in [-0.15, -0.1) is 0 Å². The maximum absolute atomic E-state index is 13.6. The van der Waals surface area contributed by atoms with E-state index in [-0.39, 0.29) is 43.3 Å². The zero-order valence-corrected chi connectivity index (χ0v) is 23.6. The highest BCUT2D eigenvalue weighted by atomic mass is 32.2. The molecule has 5 rings (SSSR count). The zero-order chi connectivity index (χ0) is 29.2. The lowest BCUT2D eigenvalue weighted by Crippen LogP contribution is -2.58. The Morgan fingerprint density at radius 1 is 1.02 bits per heavy atom. The average molecular weight is 587 g/mol. The van der Waals surface area contributed by atoms with Gasteiger partial charge in [-0.2, -0.15) is 0 Å². The van der Waals surface area contributed by atoms with E-state index in [4.69, 9.17) is 9.47 Å². The van der Waals surface area contributed by atoms with E-state index in [1.165, 1.54) is 34.1 Å². The topological polar surface area (TPSA) is 146 Å². The zero-order valence-electron chi connectivity index (χ0n) is 22.8. The van der Waals surface area contributed by atoms with Crippen molar-refractivity contribution in [1.29, 1.82) is 0 Å². The summed E-state index contributed by atoms with van der Waals surface area (Å²) in [5.41, 5.74) is 2.18. The van der Waals surface area contributed by atoms with Crippen LogP contribution in [-0.2, 0) is 19.4 Å². The normalized spacial score (nSPS) is 19.4. The molecule has 0 spiro atoms. The third kappa shape index (κ3) is 5.61. The van der Waals surface area contributed by atoms with Crippen LogP contribution in [0.15, 0.2) is 53.4 Å². The van der Waals surface area contributed by atoms with Crippen molar-refractivity contribution >= 4 is 33.4 Å². The van der Waals surface area contributed by atoms with Crippen LogP contribution in [0.5, 0.6) is 11.5 Å². The smallest absolute Gasteiger partial charge is 0.331 e. The molecule has 0 atom stereocenters. The van der Waals surface area contributed by atoms with Crippen LogP contribution in [0.3, 0.4) is 0 Å². The van der Waals surface area contributed by atoms with E-state index in [0.717, 1.165) is 12.8 Å². The van der Waals surface area contributed by atoms with Gasteiger partial charge in [0, 0.05) is 31.4 Å². The summed E-state index contributed by atoms with van der Waals surface area (Å²) in [6, 6.07) is 12.7. The SMILES string of the molecule is COc1ccc(N2CC(=O)N(CCCOc3ccc(S(=O)(=O)C4(C(=O)NO)CCN(C5CC5)CC4)cc3)C2=O)cc1. The first-order chi connectivity index (χ1) is 19.7. The number of hydroxylamine groups is 1. The van der Waals surface area contributed by atoms with Crippen molar-refractivity contribution in [2.45, 2.75) is 47.8 Å². The summed E-state index contributed by atoms with van der Waals surface area (Å²) in [5.74, 6) is -0.156. The van der Waals surface area contributed by atoms with Crippen molar-refractivity contribution in [2.24, 2.45) is 0 Å². The van der Waals surface area contributed by atoms with Crippen LogP contribution < -0.4 is 19.9 Å². The number of carbonyl (C=O) groups excluding carboxylic acids is 3. The number of methoxy groups -OCH3 is 1. The first-order valence-corrected chi connectivity index (χ1v) is 15.1. The second-order valence-corrected chi connectivity index (χ2v) is 12.8. The van der Waals surface area contributed by atoms with E-state index in [1.807, 2.05) is 0 Å². The van der Waals surface area contributed by atoms with Gasteiger partial charge in [-0.3, -0.25) is 24.6 Å². The molecule has 2 aliphatic heterocycles. The number of sulfone groups is 1. The first-order valence-electron chi connectivity index (χ1n) is 13.6. The number of rotatable bonds is 11. The van der Waals surface area contributed by atoms with Crippen LogP contribution in [0.1, 0.15) is 32.1 Å². The van der Waals surface area contributed by atoms with Gasteiger partial charge in [0.05, 0.1) is 18.6 Å². The van der Waals surface area contributed by atoms with Crippen molar-refractivity contribution in [1.82, 2.24) is 15.3 Å². The molecular weight excluding hydrogens is 552 g/mol. The fourth-order valence-electron chi connectivity index (χ4n) is 5.49. The summed E-state index contributed by atoms with van der Waals surface area (Å²) >= 11 is 0. The number of benzene rings is 2. The van der Waals surface area contributed by atoms with Gasteiger partial charge >= 0.3 is 6.03 Å². The number of carbonyl (C=O) groups is 3. The molecule has 3 aliphatic rings. The molecule has 4 amide bonds. The summed E-state index contributed by atoms with van der Waals surface area (Å²) in [6.45, 7) is 1.26. The van der Waals surface area contributed by atoms with Crippen LogP contribution in [0.2, 0.25) is 0 Å². The summed E-state index contributed by atoms with van der Waals surface area (Å²) in [4.78, 5) is 42.7. The molecule has 0 unspecified atom stereocenters. The molecule has 2 aromatic rings. The molecule has 2 heterocycles. The highest BCUT2D eigenvalue weighted by Crippen LogP contribution is 2.39. The number of ether oxygens (including phenoxy) is 2. The maximum atomic E-state index is 13.6. The standard InChI is InChI=1S/C28H34N4O8S/c1-39-22-7-5-21(6-8-22)32-19-25(33)31(27(32)35)15-2-18-40-23-9-11-24(12-10-23)41(37,38)28(26(34)29-36)13-16-30(17-14-28)20-3-4-20/h5-12,20,36H,2-4,13-19H2,1H3,(H,29,34). The minimum atomic E-state index is -4.11. The summed E-state index contributed by atoms with van der Waals surface area (Å²) < 4.78 is 36.4. The third-order valence-corrected chi connectivity index (χ3v) is 10.6. The fraction of sp³-hybridized carbons (Fsp3) is 0.464. The van der Waals surface area contributed by atoms with Gasteiger partial charge in [-0.25, -0.2) is 18.7 Å². The van der Waals surface area contributed by atoms with Gasteiger partial charge in [-0.05, 0) is 80.6 Å². The van der Waals surface area contributed by atoms with Gasteiger partial charge in [0.15, 0.2) is 14.6 Å². The lowest BCUT2D eigenvalue weighted by molar-refractivity contribution is -0.133. The fourth-order valence-corrected chi connectivity index (χ4v) is 7.44. The number of nitrogens with one attached hydrogen (secondary N) is 1. The van der Waals surface area contributed by atoms with Crippen LogP contribution in [-0.4, -0.2) is 92.0 Å². The van der Waals surface area contributed by atoms with Crippen LogP contribution in [0.4, 0.5) is 10.5 Å². The Bertz CT molecular complexity index is 1390. The Morgan fingerprint density at radius 2 is 1.66 bits per heavy atom. The second-order valence-electron chi connectivity index (χ2n) is 10.5. The van der Waals surface area contributed by atoms with Crippen molar-refractivity contribution < 1.29 is 37.5 Å². The maximum Gasteiger partial charge on any atom is 0.331 e. The minimum Gasteiger partial charge on any atom is -0.497 e. The molecule has 220 valence electrons. The number of urea groups is 1. The Labute approximate surface area is 238 Å². The average Bonchev–Trinajstić information content (AvgIpc) is 3.81. The monoisotopic (exact) mass is 586 g/mol. The van der Waals surface area contributed by atoms with Crippen molar-refractivity contribution in [3.8, 4) is 11.5 Å². The quantitative estimate of drug-likeness (QED) is 0.175. The van der Waals surface area contributed by atoms with E-state index in [9.17, 15) is 28.0 Å². The number of hydrogen-bond acceptors (Lipinski definition) is 9. The number of nitrogens with zero attached hydrogens (tertiary/aromatic N) is 3. The number of amides is 4. The molecule has 0 bridgehead atoms. The molecule has 2 aromatic carbocycles. The van der Waals surface area contributed by atoms with E-state index in [2.05, 4.69) is 4.90 Å². The molecule has 2 saturated heterocycles. The van der Waals surface area contributed by atoms with Gasteiger partial charge in [-0.1, -0.05) is 0 Å². The van der Waals surface area contributed by atoms with E-state index >= 15 is 0 Å². The number of hydrogen-bond donors (Lipinski definition) is 2. The van der Waals surface area contributed by atoms with Gasteiger partial charge in [0.1, 0.15) is 18.0 Å².